The molecule has 7 nitrogen and oxygen atoms in total. The molecule has 154 valence electrons. The lowest BCUT2D eigenvalue weighted by Gasteiger charge is -2.34. The van der Waals surface area contributed by atoms with Crippen molar-refractivity contribution in [3.63, 3.8) is 0 Å². The van der Waals surface area contributed by atoms with Crippen LogP contribution in [-0.2, 0) is 13.1 Å². The first-order chi connectivity index (χ1) is 14.7. The minimum atomic E-state index is 0.0528. The van der Waals surface area contributed by atoms with Gasteiger partial charge in [0.25, 0.3) is 5.91 Å². The molecule has 1 fully saturated rings. The number of carbonyl (C=O) groups excluding carboxylic acids is 1. The summed E-state index contributed by atoms with van der Waals surface area (Å²) in [5.74, 6) is 1.67. The van der Waals surface area contributed by atoms with E-state index in [1.54, 1.807) is 6.20 Å². The van der Waals surface area contributed by atoms with E-state index >= 15 is 0 Å². The molecule has 0 bridgehead atoms. The van der Waals surface area contributed by atoms with Gasteiger partial charge in [0.2, 0.25) is 6.79 Å². The summed E-state index contributed by atoms with van der Waals surface area (Å²) in [4.78, 5) is 17.2. The Bertz CT molecular complexity index is 1030. The third kappa shape index (κ3) is 4.02. The molecule has 5 rings (SSSR count). The number of fused-ring (bicyclic) bond motifs is 1. The highest BCUT2D eigenvalue weighted by atomic mass is 16.7. The predicted molar refractivity (Wildman–Crippen MR) is 112 cm³/mol. The lowest BCUT2D eigenvalue weighted by atomic mass is 10.1. The Morgan fingerprint density at radius 1 is 0.900 bits per heavy atom. The number of rotatable bonds is 5. The molecule has 30 heavy (non-hydrogen) atoms. The number of aromatic nitrogens is 2. The quantitative estimate of drug-likeness (QED) is 0.654. The van der Waals surface area contributed by atoms with Crippen molar-refractivity contribution in [1.29, 1.82) is 0 Å². The highest BCUT2D eigenvalue weighted by molar-refractivity contribution is 5.93. The average molecular weight is 404 g/mol. The van der Waals surface area contributed by atoms with Crippen LogP contribution in [0.2, 0.25) is 0 Å². The Morgan fingerprint density at radius 2 is 1.70 bits per heavy atom. The van der Waals surface area contributed by atoms with E-state index in [0.717, 1.165) is 36.7 Å². The lowest BCUT2D eigenvalue weighted by molar-refractivity contribution is 0.0628. The molecule has 3 heterocycles. The van der Waals surface area contributed by atoms with Gasteiger partial charge in [-0.15, -0.1) is 0 Å². The Balaban J connectivity index is 1.15. The Kier molecular flexibility index (Phi) is 5.11. The second-order valence-corrected chi connectivity index (χ2v) is 7.67. The second-order valence-electron chi connectivity index (χ2n) is 7.67. The minimum Gasteiger partial charge on any atom is -0.454 e. The van der Waals surface area contributed by atoms with Crippen molar-refractivity contribution in [2.75, 3.05) is 33.0 Å². The fraction of sp³-hybridized carbons (Fsp3) is 0.304. The van der Waals surface area contributed by atoms with E-state index < -0.39 is 0 Å². The molecule has 7 heteroatoms. The molecular weight excluding hydrogens is 380 g/mol. The van der Waals surface area contributed by atoms with Crippen molar-refractivity contribution >= 4 is 5.91 Å². The van der Waals surface area contributed by atoms with Crippen LogP contribution in [-0.4, -0.2) is 58.5 Å². The van der Waals surface area contributed by atoms with Crippen LogP contribution in [0.5, 0.6) is 11.5 Å². The van der Waals surface area contributed by atoms with Gasteiger partial charge in [0, 0.05) is 38.9 Å². The van der Waals surface area contributed by atoms with Crippen molar-refractivity contribution in [2.24, 2.45) is 0 Å². The van der Waals surface area contributed by atoms with Crippen molar-refractivity contribution in [2.45, 2.75) is 13.1 Å². The van der Waals surface area contributed by atoms with Gasteiger partial charge < -0.3 is 14.4 Å². The van der Waals surface area contributed by atoms with Gasteiger partial charge in [0.15, 0.2) is 11.5 Å². The molecule has 2 aliphatic rings. The summed E-state index contributed by atoms with van der Waals surface area (Å²) < 4.78 is 12.7. The van der Waals surface area contributed by atoms with Gasteiger partial charge >= 0.3 is 0 Å². The smallest absolute Gasteiger partial charge is 0.257 e. The first-order valence-electron chi connectivity index (χ1n) is 10.2. The number of ether oxygens (including phenoxy) is 2. The molecule has 0 spiro atoms. The van der Waals surface area contributed by atoms with Gasteiger partial charge in [-0.3, -0.25) is 14.4 Å². The molecule has 0 saturated carbocycles. The zero-order valence-corrected chi connectivity index (χ0v) is 16.7. The van der Waals surface area contributed by atoms with Crippen molar-refractivity contribution in [1.82, 2.24) is 19.6 Å². The molecule has 2 aliphatic heterocycles. The van der Waals surface area contributed by atoms with Gasteiger partial charge in [0.1, 0.15) is 0 Å². The van der Waals surface area contributed by atoms with E-state index in [1.165, 1.54) is 5.56 Å². The highest BCUT2D eigenvalue weighted by Gasteiger charge is 2.23. The predicted octanol–water partition coefficient (Wildman–Crippen LogP) is 2.62. The zero-order chi connectivity index (χ0) is 20.3. The number of amides is 1. The standard InChI is InChI=1S/C23H24N4O3/c28-23(20-13-24-27(16-20)15-18-4-2-1-3-5-18)26-10-8-25(9-11-26)14-19-6-7-21-22(12-19)30-17-29-21/h1-7,12-13,16H,8-11,14-15,17H2. The first kappa shape index (κ1) is 18.7. The van der Waals surface area contributed by atoms with E-state index in [2.05, 4.69) is 28.2 Å². The third-order valence-electron chi connectivity index (χ3n) is 5.57. The molecule has 0 radical (unpaired) electrons. The van der Waals surface area contributed by atoms with Crippen LogP contribution in [0.4, 0.5) is 0 Å². The maximum Gasteiger partial charge on any atom is 0.257 e. The normalized spacial score (nSPS) is 16.1. The minimum absolute atomic E-state index is 0.0528. The van der Waals surface area contributed by atoms with Gasteiger partial charge in [-0.25, -0.2) is 0 Å². The van der Waals surface area contributed by atoms with Crippen LogP contribution in [0.3, 0.4) is 0 Å². The van der Waals surface area contributed by atoms with E-state index in [4.69, 9.17) is 9.47 Å². The molecule has 0 aliphatic carbocycles. The molecule has 1 amide bonds. The Hall–Kier alpha value is -3.32. The van der Waals surface area contributed by atoms with Crippen LogP contribution < -0.4 is 9.47 Å². The topological polar surface area (TPSA) is 59.8 Å². The maximum atomic E-state index is 12.9. The van der Waals surface area contributed by atoms with Crippen molar-refractivity contribution in [3.05, 3.63) is 77.6 Å². The number of carbonyl (C=O) groups is 1. The van der Waals surface area contributed by atoms with Crippen LogP contribution in [0, 0.1) is 0 Å². The molecule has 1 saturated heterocycles. The molecule has 1 aromatic heterocycles. The first-order valence-corrected chi connectivity index (χ1v) is 10.2. The molecule has 0 unspecified atom stereocenters. The largest absolute Gasteiger partial charge is 0.454 e. The van der Waals surface area contributed by atoms with Crippen LogP contribution >= 0.6 is 0 Å². The summed E-state index contributed by atoms with van der Waals surface area (Å²) >= 11 is 0. The van der Waals surface area contributed by atoms with Crippen molar-refractivity contribution in [3.8, 4) is 11.5 Å². The Morgan fingerprint density at radius 3 is 2.53 bits per heavy atom. The van der Waals surface area contributed by atoms with Crippen LogP contribution in [0.15, 0.2) is 60.9 Å². The zero-order valence-electron chi connectivity index (χ0n) is 16.7. The number of benzene rings is 2. The molecule has 0 N–H and O–H groups in total. The SMILES string of the molecule is O=C(c1cnn(Cc2ccccc2)c1)N1CCN(Cc2ccc3c(c2)OCO3)CC1. The van der Waals surface area contributed by atoms with Gasteiger partial charge in [-0.1, -0.05) is 36.4 Å². The highest BCUT2D eigenvalue weighted by Crippen LogP contribution is 2.32. The lowest BCUT2D eigenvalue weighted by Crippen LogP contribution is -2.48. The van der Waals surface area contributed by atoms with Gasteiger partial charge in [-0.05, 0) is 23.3 Å². The monoisotopic (exact) mass is 404 g/mol. The fourth-order valence-electron chi connectivity index (χ4n) is 3.92. The fourth-order valence-corrected chi connectivity index (χ4v) is 3.92. The summed E-state index contributed by atoms with van der Waals surface area (Å²) in [6.07, 6.45) is 3.51. The average Bonchev–Trinajstić information content (AvgIpc) is 3.44. The van der Waals surface area contributed by atoms with Gasteiger partial charge in [0.05, 0.1) is 18.3 Å². The second kappa shape index (κ2) is 8.20. The molecule has 0 atom stereocenters. The summed E-state index contributed by atoms with van der Waals surface area (Å²) in [6, 6.07) is 16.2. The summed E-state index contributed by atoms with van der Waals surface area (Å²) in [5, 5.41) is 4.36. The van der Waals surface area contributed by atoms with Gasteiger partial charge in [-0.2, -0.15) is 5.10 Å². The summed E-state index contributed by atoms with van der Waals surface area (Å²) in [5.41, 5.74) is 3.01. The summed E-state index contributed by atoms with van der Waals surface area (Å²) in [7, 11) is 0. The van der Waals surface area contributed by atoms with E-state index in [-0.39, 0.29) is 5.91 Å². The van der Waals surface area contributed by atoms with E-state index in [9.17, 15) is 4.79 Å². The number of hydrogen-bond donors (Lipinski definition) is 0. The van der Waals surface area contributed by atoms with E-state index in [1.807, 2.05) is 46.1 Å². The Labute approximate surface area is 175 Å². The number of piperazine rings is 1. The molecular formula is C23H24N4O3. The third-order valence-corrected chi connectivity index (χ3v) is 5.57. The summed E-state index contributed by atoms with van der Waals surface area (Å²) in [6.45, 7) is 4.92. The van der Waals surface area contributed by atoms with Crippen LogP contribution in [0.1, 0.15) is 21.5 Å². The number of nitrogens with zero attached hydrogens (tertiary/aromatic N) is 4. The molecule has 3 aromatic rings. The van der Waals surface area contributed by atoms with Crippen molar-refractivity contribution < 1.29 is 14.3 Å². The molecule has 2 aromatic carbocycles. The van der Waals surface area contributed by atoms with Crippen LogP contribution in [0.25, 0.3) is 0 Å². The van der Waals surface area contributed by atoms with E-state index in [0.29, 0.717) is 32.0 Å². The number of hydrogen-bond acceptors (Lipinski definition) is 5. The maximum absolute atomic E-state index is 12.9.